The van der Waals surface area contributed by atoms with Crippen LogP contribution in [0.2, 0.25) is 0 Å². The Kier molecular flexibility index (Phi) is 2.57. The zero-order valence-electron chi connectivity index (χ0n) is 6.17. The minimum Gasteiger partial charge on any atom is -0.324 e. The van der Waals surface area contributed by atoms with Gasteiger partial charge in [0.25, 0.3) is 0 Å². The number of allylic oxidation sites excluding steroid dienone is 1. The summed E-state index contributed by atoms with van der Waals surface area (Å²) in [6.45, 7) is 2.14. The molecule has 2 N–H and O–H groups in total. The Balaban J connectivity index is 2.70. The number of hydrogen-bond donors (Lipinski definition) is 2. The lowest BCUT2D eigenvalue weighted by Gasteiger charge is -2.14. The van der Waals surface area contributed by atoms with Crippen LogP contribution in [0.1, 0.15) is 19.8 Å². The molecule has 0 aromatic rings. The van der Waals surface area contributed by atoms with E-state index in [2.05, 4.69) is 25.6 Å². The van der Waals surface area contributed by atoms with E-state index in [4.69, 9.17) is 5.73 Å². The summed E-state index contributed by atoms with van der Waals surface area (Å²) in [5.41, 5.74) is 7.13. The molecule has 1 atom stereocenters. The Morgan fingerprint density at radius 1 is 1.80 bits per heavy atom. The average molecular weight is 155 g/mol. The van der Waals surface area contributed by atoms with Gasteiger partial charge in [-0.05, 0) is 18.9 Å². The molecule has 0 fully saturated rings. The maximum absolute atomic E-state index is 5.72. The summed E-state index contributed by atoms with van der Waals surface area (Å²) in [7, 11) is 0. The third-order valence-electron chi connectivity index (χ3n) is 1.69. The zero-order chi connectivity index (χ0) is 7.56. The summed E-state index contributed by atoms with van der Waals surface area (Å²) in [5, 5.41) is 0. The van der Waals surface area contributed by atoms with Crippen molar-refractivity contribution in [3.8, 4) is 0 Å². The quantitative estimate of drug-likeness (QED) is 0.555. The molecule has 0 radical (unpaired) electrons. The molecular formula is C8H13NS. The van der Waals surface area contributed by atoms with Crippen molar-refractivity contribution in [3.63, 3.8) is 0 Å². The van der Waals surface area contributed by atoms with E-state index < -0.39 is 0 Å². The molecule has 1 nitrogen and oxygen atoms in total. The topological polar surface area (TPSA) is 26.0 Å². The van der Waals surface area contributed by atoms with Crippen LogP contribution in [0.15, 0.2) is 22.6 Å². The Morgan fingerprint density at radius 3 is 3.00 bits per heavy atom. The molecule has 0 amide bonds. The van der Waals surface area contributed by atoms with Crippen LogP contribution in [0.25, 0.3) is 0 Å². The summed E-state index contributed by atoms with van der Waals surface area (Å²) in [4.78, 5) is 1.01. The molecule has 1 unspecified atom stereocenters. The van der Waals surface area contributed by atoms with Crippen LogP contribution in [0.5, 0.6) is 0 Å². The Labute approximate surface area is 67.4 Å². The molecule has 1 rings (SSSR count). The van der Waals surface area contributed by atoms with Gasteiger partial charge in [-0.2, -0.15) is 0 Å². The standard InChI is InChI=1S/C8H13NS/c1-2-6-3-7(9)5-8(10)4-6/h4-5,7,10H,2-3,9H2,1H3. The van der Waals surface area contributed by atoms with Crippen molar-refractivity contribution in [1.82, 2.24) is 0 Å². The molecule has 10 heavy (non-hydrogen) atoms. The van der Waals surface area contributed by atoms with Gasteiger partial charge < -0.3 is 5.73 Å². The summed E-state index contributed by atoms with van der Waals surface area (Å²) >= 11 is 4.24. The Hall–Kier alpha value is -0.210. The zero-order valence-corrected chi connectivity index (χ0v) is 7.07. The Morgan fingerprint density at radius 2 is 2.50 bits per heavy atom. The molecule has 0 heterocycles. The highest BCUT2D eigenvalue weighted by Crippen LogP contribution is 2.20. The van der Waals surface area contributed by atoms with E-state index >= 15 is 0 Å². The van der Waals surface area contributed by atoms with Gasteiger partial charge >= 0.3 is 0 Å². The summed E-state index contributed by atoms with van der Waals surface area (Å²) in [6, 6.07) is 0.187. The van der Waals surface area contributed by atoms with Gasteiger partial charge in [-0.1, -0.05) is 18.6 Å². The van der Waals surface area contributed by atoms with Crippen LogP contribution in [0.4, 0.5) is 0 Å². The van der Waals surface area contributed by atoms with Crippen molar-refractivity contribution in [2.75, 3.05) is 0 Å². The van der Waals surface area contributed by atoms with E-state index in [-0.39, 0.29) is 6.04 Å². The molecule has 0 bridgehead atoms. The van der Waals surface area contributed by atoms with Crippen LogP contribution < -0.4 is 5.73 Å². The van der Waals surface area contributed by atoms with Gasteiger partial charge in [-0.3, -0.25) is 0 Å². The molecule has 2 heteroatoms. The monoisotopic (exact) mass is 155 g/mol. The maximum atomic E-state index is 5.72. The van der Waals surface area contributed by atoms with E-state index in [1.165, 1.54) is 5.57 Å². The SMILES string of the molecule is CCC1=CC(S)=CC(N)C1. The average Bonchev–Trinajstić information content (AvgIpc) is 1.85. The first-order valence-electron chi connectivity index (χ1n) is 3.58. The van der Waals surface area contributed by atoms with Crippen LogP contribution >= 0.6 is 12.6 Å². The minimum atomic E-state index is 0.187. The number of hydrogen-bond acceptors (Lipinski definition) is 2. The van der Waals surface area contributed by atoms with Gasteiger partial charge in [0.1, 0.15) is 0 Å². The number of rotatable bonds is 1. The van der Waals surface area contributed by atoms with Crippen LogP contribution in [0.3, 0.4) is 0 Å². The second-order valence-electron chi connectivity index (χ2n) is 2.62. The van der Waals surface area contributed by atoms with Crippen LogP contribution in [0, 0.1) is 0 Å². The highest BCUT2D eigenvalue weighted by Gasteiger charge is 2.07. The number of nitrogens with two attached hydrogens (primary N) is 1. The highest BCUT2D eigenvalue weighted by molar-refractivity contribution is 7.84. The lowest BCUT2D eigenvalue weighted by Crippen LogP contribution is -2.19. The van der Waals surface area contributed by atoms with Crippen molar-refractivity contribution in [1.29, 1.82) is 0 Å². The fourth-order valence-corrected chi connectivity index (χ4v) is 1.52. The van der Waals surface area contributed by atoms with Crippen LogP contribution in [-0.4, -0.2) is 6.04 Å². The van der Waals surface area contributed by atoms with Crippen molar-refractivity contribution in [3.05, 3.63) is 22.6 Å². The first-order valence-corrected chi connectivity index (χ1v) is 4.03. The van der Waals surface area contributed by atoms with Gasteiger partial charge in [0.2, 0.25) is 0 Å². The molecule has 0 aromatic carbocycles. The minimum absolute atomic E-state index is 0.187. The van der Waals surface area contributed by atoms with Gasteiger partial charge in [0, 0.05) is 10.9 Å². The molecule has 56 valence electrons. The van der Waals surface area contributed by atoms with Crippen molar-refractivity contribution < 1.29 is 0 Å². The first kappa shape index (κ1) is 7.89. The normalized spacial score (nSPS) is 25.7. The second kappa shape index (κ2) is 3.26. The van der Waals surface area contributed by atoms with Crippen molar-refractivity contribution >= 4 is 12.6 Å². The van der Waals surface area contributed by atoms with Gasteiger partial charge in [-0.25, -0.2) is 0 Å². The lowest BCUT2D eigenvalue weighted by atomic mass is 9.99. The Bertz CT molecular complexity index is 182. The van der Waals surface area contributed by atoms with Crippen molar-refractivity contribution in [2.24, 2.45) is 5.73 Å². The predicted molar refractivity (Wildman–Crippen MR) is 48.0 cm³/mol. The van der Waals surface area contributed by atoms with Gasteiger partial charge in [0.15, 0.2) is 0 Å². The first-order chi connectivity index (χ1) is 4.72. The molecule has 1 aliphatic rings. The molecule has 0 aliphatic heterocycles. The fraction of sp³-hybridized carbons (Fsp3) is 0.500. The smallest absolute Gasteiger partial charge is 0.0275 e. The lowest BCUT2D eigenvalue weighted by molar-refractivity contribution is 0.763. The second-order valence-corrected chi connectivity index (χ2v) is 3.13. The van der Waals surface area contributed by atoms with E-state index in [0.717, 1.165) is 17.7 Å². The predicted octanol–water partition coefficient (Wildman–Crippen LogP) is 1.87. The van der Waals surface area contributed by atoms with Crippen molar-refractivity contribution in [2.45, 2.75) is 25.8 Å². The van der Waals surface area contributed by atoms with E-state index in [9.17, 15) is 0 Å². The van der Waals surface area contributed by atoms with E-state index in [1.807, 2.05) is 6.08 Å². The summed E-state index contributed by atoms with van der Waals surface area (Å²) < 4.78 is 0. The summed E-state index contributed by atoms with van der Waals surface area (Å²) in [6.07, 6.45) is 6.18. The fourth-order valence-electron chi connectivity index (χ4n) is 1.14. The molecule has 0 aromatic heterocycles. The maximum Gasteiger partial charge on any atom is 0.0275 e. The molecule has 1 aliphatic carbocycles. The largest absolute Gasteiger partial charge is 0.324 e. The third kappa shape index (κ3) is 1.89. The number of thiol groups is 1. The van der Waals surface area contributed by atoms with Gasteiger partial charge in [-0.15, -0.1) is 12.6 Å². The van der Waals surface area contributed by atoms with E-state index in [1.54, 1.807) is 0 Å². The van der Waals surface area contributed by atoms with Gasteiger partial charge in [0.05, 0.1) is 0 Å². The highest BCUT2D eigenvalue weighted by atomic mass is 32.1. The van der Waals surface area contributed by atoms with Crippen LogP contribution in [-0.2, 0) is 0 Å². The summed E-state index contributed by atoms with van der Waals surface area (Å²) in [5.74, 6) is 0. The molecule has 0 saturated heterocycles. The molecule has 0 spiro atoms. The van der Waals surface area contributed by atoms with E-state index in [0.29, 0.717) is 0 Å². The molecular weight excluding hydrogens is 142 g/mol. The third-order valence-corrected chi connectivity index (χ3v) is 1.97. The molecule has 0 saturated carbocycles.